The maximum atomic E-state index is 12.2. The number of rotatable bonds is 4. The van der Waals surface area contributed by atoms with Crippen LogP contribution in [0.5, 0.6) is 0 Å². The van der Waals surface area contributed by atoms with Gasteiger partial charge >= 0.3 is 0 Å². The molecule has 21 heavy (non-hydrogen) atoms. The molecule has 0 atom stereocenters. The molecule has 0 aliphatic heterocycles. The van der Waals surface area contributed by atoms with Crippen molar-refractivity contribution in [3.8, 4) is 0 Å². The van der Waals surface area contributed by atoms with Gasteiger partial charge in [0.05, 0.1) is 10.8 Å². The van der Waals surface area contributed by atoms with E-state index in [0.29, 0.717) is 10.8 Å². The van der Waals surface area contributed by atoms with E-state index in [2.05, 4.69) is 20.8 Å². The number of carbonyl (C=O) groups excluding carboxylic acids is 1. The van der Waals surface area contributed by atoms with Crippen molar-refractivity contribution in [3.63, 3.8) is 0 Å². The summed E-state index contributed by atoms with van der Waals surface area (Å²) in [5.41, 5.74) is 2.09. The monoisotopic (exact) mass is 318 g/mol. The zero-order chi connectivity index (χ0) is 15.5. The van der Waals surface area contributed by atoms with Crippen LogP contribution in [-0.2, 0) is 5.41 Å². The Morgan fingerprint density at radius 3 is 2.24 bits per heavy atom. The van der Waals surface area contributed by atoms with Crippen molar-refractivity contribution in [1.82, 2.24) is 0 Å². The van der Waals surface area contributed by atoms with E-state index in [0.717, 1.165) is 10.5 Å². The molecular weight excluding hydrogens is 300 g/mol. The van der Waals surface area contributed by atoms with Gasteiger partial charge in [0.1, 0.15) is 0 Å². The largest absolute Gasteiger partial charge is 0.293 e. The Kier molecular flexibility index (Phi) is 5.13. The number of hydrogen-bond donors (Lipinski definition) is 0. The fourth-order valence-corrected chi connectivity index (χ4v) is 3.08. The topological polar surface area (TPSA) is 17.1 Å². The van der Waals surface area contributed by atoms with Crippen LogP contribution in [0.2, 0.25) is 5.02 Å². The molecule has 0 aromatic heterocycles. The van der Waals surface area contributed by atoms with Gasteiger partial charge < -0.3 is 0 Å². The summed E-state index contributed by atoms with van der Waals surface area (Å²) in [5, 5.41) is 0.693. The number of Topliss-reactive ketones (excluding diaryl/α,β-unsaturated/α-hetero) is 1. The normalized spacial score (nSPS) is 11.4. The lowest BCUT2D eigenvalue weighted by Crippen LogP contribution is -2.11. The summed E-state index contributed by atoms with van der Waals surface area (Å²) >= 11 is 7.57. The second-order valence-corrected chi connectivity index (χ2v) is 7.39. The molecule has 0 aliphatic carbocycles. The van der Waals surface area contributed by atoms with Gasteiger partial charge in [0.15, 0.2) is 5.78 Å². The zero-order valence-electron chi connectivity index (χ0n) is 12.5. The molecule has 0 bridgehead atoms. The minimum atomic E-state index is 0.105. The minimum Gasteiger partial charge on any atom is -0.293 e. The number of halogens is 1. The molecule has 0 N–H and O–H groups in total. The van der Waals surface area contributed by atoms with Crippen molar-refractivity contribution in [2.24, 2.45) is 0 Å². The molecule has 110 valence electrons. The van der Waals surface area contributed by atoms with E-state index < -0.39 is 0 Å². The number of thioether (sulfide) groups is 1. The van der Waals surface area contributed by atoms with E-state index in [-0.39, 0.29) is 11.2 Å². The van der Waals surface area contributed by atoms with Gasteiger partial charge in [0, 0.05) is 10.5 Å². The molecule has 3 heteroatoms. The van der Waals surface area contributed by atoms with Crippen LogP contribution in [0.3, 0.4) is 0 Å². The molecule has 0 spiro atoms. The van der Waals surface area contributed by atoms with Crippen LogP contribution in [0, 0.1) is 0 Å². The van der Waals surface area contributed by atoms with E-state index in [1.54, 1.807) is 0 Å². The Labute approximate surface area is 135 Å². The van der Waals surface area contributed by atoms with E-state index >= 15 is 0 Å². The molecule has 0 unspecified atom stereocenters. The Morgan fingerprint density at radius 1 is 1.05 bits per heavy atom. The van der Waals surface area contributed by atoms with Gasteiger partial charge in [-0.2, -0.15) is 0 Å². The third-order valence-electron chi connectivity index (χ3n) is 3.27. The molecule has 0 fully saturated rings. The average molecular weight is 319 g/mol. The highest BCUT2D eigenvalue weighted by Gasteiger charge is 2.14. The van der Waals surface area contributed by atoms with E-state index in [1.807, 2.05) is 48.5 Å². The minimum absolute atomic E-state index is 0.105. The third kappa shape index (κ3) is 4.36. The first-order chi connectivity index (χ1) is 9.88. The first-order valence-electron chi connectivity index (χ1n) is 6.89. The number of ketones is 1. The van der Waals surface area contributed by atoms with Crippen molar-refractivity contribution in [2.45, 2.75) is 31.1 Å². The maximum Gasteiger partial charge on any atom is 0.173 e. The SMILES string of the molecule is CC(C)(C)c1ccc(C(=O)CSc2ccccc2Cl)cc1. The van der Waals surface area contributed by atoms with Crippen LogP contribution in [0.25, 0.3) is 0 Å². The first-order valence-corrected chi connectivity index (χ1v) is 8.25. The van der Waals surface area contributed by atoms with Crippen molar-refractivity contribution in [1.29, 1.82) is 0 Å². The lowest BCUT2D eigenvalue weighted by atomic mass is 9.86. The number of benzene rings is 2. The molecule has 0 radical (unpaired) electrons. The fourth-order valence-electron chi connectivity index (χ4n) is 1.94. The van der Waals surface area contributed by atoms with Crippen LogP contribution in [0.4, 0.5) is 0 Å². The molecule has 0 aliphatic rings. The van der Waals surface area contributed by atoms with Gasteiger partial charge in [-0.15, -0.1) is 11.8 Å². The molecule has 0 amide bonds. The van der Waals surface area contributed by atoms with Crippen LogP contribution in [-0.4, -0.2) is 11.5 Å². The van der Waals surface area contributed by atoms with Gasteiger partial charge in [0.2, 0.25) is 0 Å². The standard InChI is InChI=1S/C18H19ClOS/c1-18(2,3)14-10-8-13(9-11-14)16(20)12-21-17-7-5-4-6-15(17)19/h4-11H,12H2,1-3H3. The van der Waals surface area contributed by atoms with E-state index in [1.165, 1.54) is 17.3 Å². The smallest absolute Gasteiger partial charge is 0.173 e. The Bertz CT molecular complexity index is 626. The summed E-state index contributed by atoms with van der Waals surface area (Å²) in [4.78, 5) is 13.2. The average Bonchev–Trinajstić information content (AvgIpc) is 2.45. The fraction of sp³-hybridized carbons (Fsp3) is 0.278. The van der Waals surface area contributed by atoms with E-state index in [9.17, 15) is 4.79 Å². The molecule has 0 heterocycles. The Hall–Kier alpha value is -1.25. The first kappa shape index (κ1) is 16.1. The predicted octanol–water partition coefficient (Wildman–Crippen LogP) is 5.61. The highest BCUT2D eigenvalue weighted by atomic mass is 35.5. The maximum absolute atomic E-state index is 12.2. The number of hydrogen-bond acceptors (Lipinski definition) is 2. The molecular formula is C18H19ClOS. The van der Waals surface area contributed by atoms with Crippen LogP contribution in [0.15, 0.2) is 53.4 Å². The Balaban J connectivity index is 2.03. The zero-order valence-corrected chi connectivity index (χ0v) is 14.1. The second-order valence-electron chi connectivity index (χ2n) is 5.97. The highest BCUT2D eigenvalue weighted by Crippen LogP contribution is 2.27. The van der Waals surface area contributed by atoms with Crippen molar-refractivity contribution < 1.29 is 4.79 Å². The lowest BCUT2D eigenvalue weighted by molar-refractivity contribution is 0.102. The quantitative estimate of drug-likeness (QED) is 0.538. The van der Waals surface area contributed by atoms with Crippen LogP contribution in [0.1, 0.15) is 36.7 Å². The lowest BCUT2D eigenvalue weighted by Gasteiger charge is -2.18. The summed E-state index contributed by atoms with van der Waals surface area (Å²) in [6.07, 6.45) is 0. The van der Waals surface area contributed by atoms with Gasteiger partial charge in [-0.25, -0.2) is 0 Å². The summed E-state index contributed by atoms with van der Waals surface area (Å²) in [6, 6.07) is 15.5. The predicted molar refractivity (Wildman–Crippen MR) is 91.6 cm³/mol. The van der Waals surface area contributed by atoms with Gasteiger partial charge in [-0.1, -0.05) is 68.8 Å². The van der Waals surface area contributed by atoms with Gasteiger partial charge in [-0.3, -0.25) is 4.79 Å². The number of carbonyl (C=O) groups is 1. The summed E-state index contributed by atoms with van der Waals surface area (Å²) in [7, 11) is 0. The molecule has 2 aromatic rings. The summed E-state index contributed by atoms with van der Waals surface area (Å²) < 4.78 is 0. The second kappa shape index (κ2) is 6.67. The van der Waals surface area contributed by atoms with Crippen LogP contribution >= 0.6 is 23.4 Å². The van der Waals surface area contributed by atoms with Crippen molar-refractivity contribution >= 4 is 29.1 Å². The van der Waals surface area contributed by atoms with Crippen molar-refractivity contribution in [2.75, 3.05) is 5.75 Å². The van der Waals surface area contributed by atoms with Gasteiger partial charge in [-0.05, 0) is 23.1 Å². The summed E-state index contributed by atoms with van der Waals surface area (Å²) in [5.74, 6) is 0.527. The highest BCUT2D eigenvalue weighted by molar-refractivity contribution is 8.00. The molecule has 0 saturated heterocycles. The van der Waals surface area contributed by atoms with Crippen LogP contribution < -0.4 is 0 Å². The molecule has 0 saturated carbocycles. The van der Waals surface area contributed by atoms with E-state index in [4.69, 9.17) is 11.6 Å². The third-order valence-corrected chi connectivity index (χ3v) is 4.78. The molecule has 2 aromatic carbocycles. The summed E-state index contributed by atoms with van der Waals surface area (Å²) in [6.45, 7) is 6.49. The molecule has 1 nitrogen and oxygen atoms in total. The van der Waals surface area contributed by atoms with Crippen molar-refractivity contribution in [3.05, 3.63) is 64.7 Å². The van der Waals surface area contributed by atoms with Gasteiger partial charge in [0.25, 0.3) is 0 Å². The molecule has 2 rings (SSSR count). The Morgan fingerprint density at radius 2 is 1.67 bits per heavy atom.